The smallest absolute Gasteiger partial charge is 0.185 e. The van der Waals surface area contributed by atoms with E-state index in [0.717, 1.165) is 23.5 Å². The van der Waals surface area contributed by atoms with Gasteiger partial charge in [-0.3, -0.25) is 4.79 Å². The Morgan fingerprint density at radius 1 is 0.960 bits per heavy atom. The molecule has 2 aromatic rings. The first-order valence-electron chi connectivity index (χ1n) is 8.33. The van der Waals surface area contributed by atoms with Crippen LogP contribution in [-0.4, -0.2) is 52.0 Å². The summed E-state index contributed by atoms with van der Waals surface area (Å²) >= 11 is 0. The molecule has 0 unspecified atom stereocenters. The van der Waals surface area contributed by atoms with Crippen molar-refractivity contribution in [3.63, 3.8) is 0 Å². The molecule has 25 heavy (non-hydrogen) atoms. The fourth-order valence-corrected chi connectivity index (χ4v) is 2.21. The van der Waals surface area contributed by atoms with Crippen molar-refractivity contribution < 1.29 is 9.53 Å². The standard InChI is InChI=1S/C21H26N2O2/c1-22(2)15-16-25-20-12-8-18(9-13-20)21(24)14-7-17-5-10-19(11-6-17)23(3)4/h5-14H,15-16H2,1-4H3/b14-7+. The third kappa shape index (κ3) is 6.08. The van der Waals surface area contributed by atoms with Gasteiger partial charge < -0.3 is 14.5 Å². The third-order valence-corrected chi connectivity index (χ3v) is 3.78. The Morgan fingerprint density at radius 2 is 1.60 bits per heavy atom. The minimum absolute atomic E-state index is 0.0171. The van der Waals surface area contributed by atoms with Gasteiger partial charge in [0.25, 0.3) is 0 Å². The van der Waals surface area contributed by atoms with E-state index in [-0.39, 0.29) is 5.78 Å². The molecule has 4 heteroatoms. The van der Waals surface area contributed by atoms with Crippen molar-refractivity contribution in [1.82, 2.24) is 4.90 Å². The van der Waals surface area contributed by atoms with E-state index in [1.54, 1.807) is 18.2 Å². The number of anilines is 1. The van der Waals surface area contributed by atoms with Crippen molar-refractivity contribution in [3.05, 3.63) is 65.7 Å². The molecule has 0 aromatic heterocycles. The van der Waals surface area contributed by atoms with Crippen LogP contribution < -0.4 is 9.64 Å². The summed E-state index contributed by atoms with van der Waals surface area (Å²) in [6.45, 7) is 1.49. The van der Waals surface area contributed by atoms with E-state index in [9.17, 15) is 4.79 Å². The Balaban J connectivity index is 1.93. The van der Waals surface area contributed by atoms with Crippen LogP contribution >= 0.6 is 0 Å². The van der Waals surface area contributed by atoms with E-state index < -0.39 is 0 Å². The molecule has 0 bridgehead atoms. The van der Waals surface area contributed by atoms with Crippen LogP contribution in [0.5, 0.6) is 5.75 Å². The molecule has 0 spiro atoms. The normalized spacial score (nSPS) is 11.1. The van der Waals surface area contributed by atoms with Crippen LogP contribution in [0.25, 0.3) is 6.08 Å². The second-order valence-corrected chi connectivity index (χ2v) is 6.36. The quantitative estimate of drug-likeness (QED) is 0.544. The molecular formula is C21H26N2O2. The van der Waals surface area contributed by atoms with Crippen LogP contribution in [0.1, 0.15) is 15.9 Å². The monoisotopic (exact) mass is 338 g/mol. The van der Waals surface area contributed by atoms with Crippen LogP contribution in [0.15, 0.2) is 54.6 Å². The van der Waals surface area contributed by atoms with Crippen molar-refractivity contribution in [3.8, 4) is 5.75 Å². The summed E-state index contributed by atoms with van der Waals surface area (Å²) in [7, 11) is 8.02. The van der Waals surface area contributed by atoms with Crippen molar-refractivity contribution in [2.45, 2.75) is 0 Å². The van der Waals surface area contributed by atoms with Crippen molar-refractivity contribution in [2.24, 2.45) is 0 Å². The topological polar surface area (TPSA) is 32.8 Å². The zero-order chi connectivity index (χ0) is 18.2. The highest BCUT2D eigenvalue weighted by atomic mass is 16.5. The number of carbonyl (C=O) groups is 1. The van der Waals surface area contributed by atoms with Crippen molar-refractivity contribution in [2.75, 3.05) is 46.2 Å². The zero-order valence-electron chi connectivity index (χ0n) is 15.4. The van der Waals surface area contributed by atoms with Crippen LogP contribution in [0.4, 0.5) is 5.69 Å². The number of likely N-dealkylation sites (N-methyl/N-ethyl adjacent to an activating group) is 1. The highest BCUT2D eigenvalue weighted by Crippen LogP contribution is 2.15. The Hall–Kier alpha value is -2.59. The third-order valence-electron chi connectivity index (χ3n) is 3.78. The molecule has 0 atom stereocenters. The first-order valence-corrected chi connectivity index (χ1v) is 8.33. The van der Waals surface area contributed by atoms with Gasteiger partial charge >= 0.3 is 0 Å². The van der Waals surface area contributed by atoms with Gasteiger partial charge in [0.2, 0.25) is 0 Å². The number of benzene rings is 2. The Morgan fingerprint density at radius 3 is 2.16 bits per heavy atom. The van der Waals surface area contributed by atoms with Gasteiger partial charge in [-0.05, 0) is 62.1 Å². The van der Waals surface area contributed by atoms with Gasteiger partial charge in [0.1, 0.15) is 12.4 Å². The summed E-state index contributed by atoms with van der Waals surface area (Å²) in [5.41, 5.74) is 2.79. The van der Waals surface area contributed by atoms with Gasteiger partial charge in [-0.1, -0.05) is 18.2 Å². The van der Waals surface area contributed by atoms with Crippen LogP contribution in [0.2, 0.25) is 0 Å². The molecular weight excluding hydrogens is 312 g/mol. The lowest BCUT2D eigenvalue weighted by atomic mass is 10.1. The van der Waals surface area contributed by atoms with Gasteiger partial charge in [0.05, 0.1) is 0 Å². The summed E-state index contributed by atoms with van der Waals surface area (Å²) in [5, 5.41) is 0. The molecule has 0 N–H and O–H groups in total. The highest BCUT2D eigenvalue weighted by molar-refractivity contribution is 6.06. The molecule has 0 heterocycles. The lowest BCUT2D eigenvalue weighted by Gasteiger charge is -2.11. The molecule has 2 aromatic carbocycles. The lowest BCUT2D eigenvalue weighted by Crippen LogP contribution is -2.19. The fraction of sp³-hybridized carbons (Fsp3) is 0.286. The number of rotatable bonds is 8. The largest absolute Gasteiger partial charge is 0.492 e. The summed E-state index contributed by atoms with van der Waals surface area (Å²) in [5.74, 6) is 0.762. The van der Waals surface area contributed by atoms with Crippen molar-refractivity contribution >= 4 is 17.5 Å². The average molecular weight is 338 g/mol. The minimum atomic E-state index is -0.0171. The minimum Gasteiger partial charge on any atom is -0.492 e. The molecule has 0 aliphatic rings. The maximum absolute atomic E-state index is 12.3. The Kier molecular flexibility index (Phi) is 6.78. The highest BCUT2D eigenvalue weighted by Gasteiger charge is 2.03. The number of carbonyl (C=O) groups excluding carboxylic acids is 1. The molecule has 0 saturated heterocycles. The molecule has 4 nitrogen and oxygen atoms in total. The van der Waals surface area contributed by atoms with Gasteiger partial charge in [0, 0.05) is 31.9 Å². The van der Waals surface area contributed by atoms with Gasteiger partial charge in [-0.2, -0.15) is 0 Å². The SMILES string of the molecule is CN(C)CCOc1ccc(C(=O)/C=C/c2ccc(N(C)C)cc2)cc1. The van der Waals surface area contributed by atoms with E-state index in [1.807, 2.05) is 75.6 Å². The Bertz CT molecular complexity index is 702. The molecule has 0 aliphatic carbocycles. The summed E-state index contributed by atoms with van der Waals surface area (Å²) in [6.07, 6.45) is 3.44. The average Bonchev–Trinajstić information content (AvgIpc) is 2.60. The van der Waals surface area contributed by atoms with E-state index in [1.165, 1.54) is 0 Å². The number of hydrogen-bond acceptors (Lipinski definition) is 4. The second kappa shape index (κ2) is 9.04. The number of ether oxygens (including phenoxy) is 1. The molecule has 2 rings (SSSR count). The molecule has 0 aliphatic heterocycles. The maximum Gasteiger partial charge on any atom is 0.185 e. The number of hydrogen-bond donors (Lipinski definition) is 0. The molecule has 0 saturated carbocycles. The lowest BCUT2D eigenvalue weighted by molar-refractivity contribution is 0.104. The first-order chi connectivity index (χ1) is 12.0. The molecule has 0 fully saturated rings. The van der Waals surface area contributed by atoms with Crippen LogP contribution in [0, 0.1) is 0 Å². The van der Waals surface area contributed by atoms with Gasteiger partial charge in [0.15, 0.2) is 5.78 Å². The van der Waals surface area contributed by atoms with Crippen LogP contribution in [-0.2, 0) is 0 Å². The summed E-state index contributed by atoms with van der Waals surface area (Å²) < 4.78 is 5.64. The van der Waals surface area contributed by atoms with Crippen molar-refractivity contribution in [1.29, 1.82) is 0 Å². The maximum atomic E-state index is 12.3. The van der Waals surface area contributed by atoms with E-state index in [2.05, 4.69) is 4.90 Å². The fourth-order valence-electron chi connectivity index (χ4n) is 2.21. The number of nitrogens with zero attached hydrogens (tertiary/aromatic N) is 2. The molecule has 0 amide bonds. The first kappa shape index (κ1) is 18.7. The molecule has 132 valence electrons. The summed E-state index contributed by atoms with van der Waals surface area (Å²) in [6, 6.07) is 15.3. The van der Waals surface area contributed by atoms with E-state index in [0.29, 0.717) is 12.2 Å². The van der Waals surface area contributed by atoms with Gasteiger partial charge in [-0.15, -0.1) is 0 Å². The summed E-state index contributed by atoms with van der Waals surface area (Å²) in [4.78, 5) is 16.4. The predicted octanol–water partition coefficient (Wildman–Crippen LogP) is 3.59. The molecule has 0 radical (unpaired) electrons. The number of allylic oxidation sites excluding steroid dienone is 1. The predicted molar refractivity (Wildman–Crippen MR) is 105 cm³/mol. The second-order valence-electron chi connectivity index (χ2n) is 6.36. The Labute approximate surface area is 150 Å². The van der Waals surface area contributed by atoms with Gasteiger partial charge in [-0.25, -0.2) is 0 Å². The van der Waals surface area contributed by atoms with Crippen LogP contribution in [0.3, 0.4) is 0 Å². The number of ketones is 1. The van der Waals surface area contributed by atoms with E-state index in [4.69, 9.17) is 4.74 Å². The zero-order valence-corrected chi connectivity index (χ0v) is 15.4. The van der Waals surface area contributed by atoms with E-state index >= 15 is 0 Å².